The van der Waals surface area contributed by atoms with Crippen LogP contribution in [0.15, 0.2) is 30.3 Å². The van der Waals surface area contributed by atoms with Gasteiger partial charge in [-0.05, 0) is 65.0 Å². The maximum atomic E-state index is 12.8. The highest BCUT2D eigenvalue weighted by Crippen LogP contribution is 2.39. The first-order valence-corrected chi connectivity index (χ1v) is 10.8. The molecule has 0 bridgehead atoms. The van der Waals surface area contributed by atoms with Gasteiger partial charge in [-0.25, -0.2) is 0 Å². The standard InChI is InChI=1S/C23H29ClN2O6/c1-6-29-19-11-15(12-20(30-7-2)21(19)31-8-3)22(27)25-26-23(28)17-13-16(24)9-10-18(17)32-14(4)5/h9-14H,6-8H2,1-5H3,(H,25,27)(H,26,28). The Bertz CT molecular complexity index is 921. The molecule has 2 aromatic carbocycles. The lowest BCUT2D eigenvalue weighted by Gasteiger charge is -2.17. The summed E-state index contributed by atoms with van der Waals surface area (Å²) in [7, 11) is 0. The van der Waals surface area contributed by atoms with Gasteiger partial charge < -0.3 is 18.9 Å². The molecule has 2 rings (SSSR count). The van der Waals surface area contributed by atoms with Crippen LogP contribution >= 0.6 is 11.6 Å². The molecular formula is C23H29ClN2O6. The molecular weight excluding hydrogens is 436 g/mol. The second-order valence-corrected chi connectivity index (χ2v) is 7.25. The first kappa shape index (κ1) is 25.1. The van der Waals surface area contributed by atoms with Crippen molar-refractivity contribution in [3.05, 3.63) is 46.5 Å². The van der Waals surface area contributed by atoms with E-state index < -0.39 is 11.8 Å². The van der Waals surface area contributed by atoms with Crippen molar-refractivity contribution < 1.29 is 28.5 Å². The molecule has 2 aromatic rings. The maximum absolute atomic E-state index is 12.8. The van der Waals surface area contributed by atoms with Crippen molar-refractivity contribution >= 4 is 23.4 Å². The molecule has 9 heteroatoms. The molecule has 0 aliphatic carbocycles. The number of hydrogen-bond donors (Lipinski definition) is 2. The number of hydrogen-bond acceptors (Lipinski definition) is 6. The Hall–Kier alpha value is -3.13. The van der Waals surface area contributed by atoms with E-state index in [0.29, 0.717) is 47.8 Å². The Labute approximate surface area is 193 Å². The third-order valence-corrected chi connectivity index (χ3v) is 4.24. The van der Waals surface area contributed by atoms with Crippen LogP contribution in [0.25, 0.3) is 0 Å². The molecule has 0 aliphatic rings. The predicted molar refractivity (Wildman–Crippen MR) is 122 cm³/mol. The highest BCUT2D eigenvalue weighted by molar-refractivity contribution is 6.31. The summed E-state index contributed by atoms with van der Waals surface area (Å²) in [6.45, 7) is 10.3. The number of carbonyl (C=O) groups excluding carboxylic acids is 2. The molecule has 0 atom stereocenters. The fourth-order valence-corrected chi connectivity index (χ4v) is 2.98. The minimum absolute atomic E-state index is 0.143. The summed E-state index contributed by atoms with van der Waals surface area (Å²) in [6, 6.07) is 7.77. The average Bonchev–Trinajstić information content (AvgIpc) is 2.75. The maximum Gasteiger partial charge on any atom is 0.273 e. The lowest BCUT2D eigenvalue weighted by Crippen LogP contribution is -2.41. The molecule has 0 unspecified atom stereocenters. The molecule has 2 N–H and O–H groups in total. The Kier molecular flexibility index (Phi) is 9.46. The van der Waals surface area contributed by atoms with Gasteiger partial charge in [-0.3, -0.25) is 20.4 Å². The van der Waals surface area contributed by atoms with Gasteiger partial charge in [-0.1, -0.05) is 11.6 Å². The first-order chi connectivity index (χ1) is 15.3. The van der Waals surface area contributed by atoms with Gasteiger partial charge >= 0.3 is 0 Å². The van der Waals surface area contributed by atoms with Gasteiger partial charge in [0.15, 0.2) is 11.5 Å². The van der Waals surface area contributed by atoms with Crippen molar-refractivity contribution in [1.82, 2.24) is 10.9 Å². The van der Waals surface area contributed by atoms with Crippen molar-refractivity contribution in [2.24, 2.45) is 0 Å². The summed E-state index contributed by atoms with van der Waals surface area (Å²) in [5.74, 6) is 0.397. The highest BCUT2D eigenvalue weighted by Gasteiger charge is 2.20. The largest absolute Gasteiger partial charge is 0.490 e. The third kappa shape index (κ3) is 6.68. The van der Waals surface area contributed by atoms with Crippen molar-refractivity contribution in [2.45, 2.75) is 40.7 Å². The lowest BCUT2D eigenvalue weighted by atomic mass is 10.1. The minimum Gasteiger partial charge on any atom is -0.490 e. The number of hydrazine groups is 1. The molecule has 0 saturated carbocycles. The van der Waals surface area contributed by atoms with E-state index >= 15 is 0 Å². The van der Waals surface area contributed by atoms with E-state index in [9.17, 15) is 9.59 Å². The van der Waals surface area contributed by atoms with Crippen molar-refractivity contribution in [1.29, 1.82) is 0 Å². The van der Waals surface area contributed by atoms with Crippen LogP contribution in [0.3, 0.4) is 0 Å². The molecule has 0 aromatic heterocycles. The first-order valence-electron chi connectivity index (χ1n) is 10.4. The van der Waals surface area contributed by atoms with E-state index in [4.69, 9.17) is 30.5 Å². The normalized spacial score (nSPS) is 10.5. The molecule has 8 nitrogen and oxygen atoms in total. The zero-order valence-electron chi connectivity index (χ0n) is 18.9. The Morgan fingerprint density at radius 1 is 0.844 bits per heavy atom. The summed E-state index contributed by atoms with van der Waals surface area (Å²) in [5, 5.41) is 0.367. The number of carbonyl (C=O) groups is 2. The molecule has 32 heavy (non-hydrogen) atoms. The smallest absolute Gasteiger partial charge is 0.273 e. The summed E-state index contributed by atoms with van der Waals surface area (Å²) >= 11 is 6.03. The predicted octanol–water partition coefficient (Wildman–Crippen LogP) is 4.40. The minimum atomic E-state index is -0.572. The molecule has 0 spiro atoms. The molecule has 0 fully saturated rings. The Balaban J connectivity index is 2.24. The highest BCUT2D eigenvalue weighted by atomic mass is 35.5. The summed E-state index contributed by atoms with van der Waals surface area (Å²) < 4.78 is 22.5. The van der Waals surface area contributed by atoms with Crippen molar-refractivity contribution in [3.63, 3.8) is 0 Å². The topological polar surface area (TPSA) is 95.1 Å². The van der Waals surface area contributed by atoms with E-state index in [1.807, 2.05) is 34.6 Å². The molecule has 174 valence electrons. The van der Waals surface area contributed by atoms with Crippen LogP contribution in [0, 0.1) is 0 Å². The average molecular weight is 465 g/mol. The summed E-state index contributed by atoms with van der Waals surface area (Å²) in [5.41, 5.74) is 5.21. The Morgan fingerprint density at radius 3 is 1.94 bits per heavy atom. The summed E-state index contributed by atoms with van der Waals surface area (Å²) in [4.78, 5) is 25.4. The van der Waals surface area contributed by atoms with Crippen LogP contribution in [0.4, 0.5) is 0 Å². The van der Waals surface area contributed by atoms with Crippen LogP contribution in [-0.4, -0.2) is 37.7 Å². The quantitative estimate of drug-likeness (QED) is 0.506. The van der Waals surface area contributed by atoms with Crippen molar-refractivity contribution in [2.75, 3.05) is 19.8 Å². The second kappa shape index (κ2) is 12.0. The zero-order chi connectivity index (χ0) is 23.7. The molecule has 0 radical (unpaired) electrons. The number of ether oxygens (including phenoxy) is 4. The van der Waals surface area contributed by atoms with Gasteiger partial charge in [0.25, 0.3) is 11.8 Å². The zero-order valence-corrected chi connectivity index (χ0v) is 19.7. The van der Waals surface area contributed by atoms with E-state index in [1.54, 1.807) is 12.1 Å². The van der Waals surface area contributed by atoms with Crippen LogP contribution in [0.5, 0.6) is 23.0 Å². The second-order valence-electron chi connectivity index (χ2n) is 6.82. The number of nitrogens with one attached hydrogen (secondary N) is 2. The van der Waals surface area contributed by atoms with E-state index in [1.165, 1.54) is 18.2 Å². The van der Waals surface area contributed by atoms with E-state index in [-0.39, 0.29) is 17.2 Å². The molecule has 0 aliphatic heterocycles. The number of halogens is 1. The number of amides is 2. The van der Waals surface area contributed by atoms with E-state index in [2.05, 4.69) is 10.9 Å². The van der Waals surface area contributed by atoms with Crippen molar-refractivity contribution in [3.8, 4) is 23.0 Å². The molecule has 0 saturated heterocycles. The van der Waals surface area contributed by atoms with Crippen LogP contribution in [-0.2, 0) is 0 Å². The van der Waals surface area contributed by atoms with Gasteiger partial charge in [0.05, 0.1) is 31.5 Å². The fourth-order valence-electron chi connectivity index (χ4n) is 2.81. The van der Waals surface area contributed by atoms with Crippen LogP contribution in [0.1, 0.15) is 55.3 Å². The number of rotatable bonds is 10. The molecule has 0 heterocycles. The van der Waals surface area contributed by atoms with Gasteiger partial charge in [0, 0.05) is 10.6 Å². The SMILES string of the molecule is CCOc1cc(C(=O)NNC(=O)c2cc(Cl)ccc2OC(C)C)cc(OCC)c1OCC. The summed E-state index contributed by atoms with van der Waals surface area (Å²) in [6.07, 6.45) is -0.143. The van der Waals surface area contributed by atoms with Gasteiger partial charge in [-0.2, -0.15) is 0 Å². The number of benzene rings is 2. The molecule has 2 amide bonds. The van der Waals surface area contributed by atoms with E-state index in [0.717, 1.165) is 0 Å². The van der Waals surface area contributed by atoms with Gasteiger partial charge in [0.2, 0.25) is 5.75 Å². The third-order valence-electron chi connectivity index (χ3n) is 4.01. The van der Waals surface area contributed by atoms with Gasteiger partial charge in [-0.15, -0.1) is 0 Å². The van der Waals surface area contributed by atoms with Gasteiger partial charge in [0.1, 0.15) is 5.75 Å². The Morgan fingerprint density at radius 2 is 1.41 bits per heavy atom. The van der Waals surface area contributed by atoms with Crippen LogP contribution in [0.2, 0.25) is 5.02 Å². The lowest BCUT2D eigenvalue weighted by molar-refractivity contribution is 0.0842. The fraction of sp³-hybridized carbons (Fsp3) is 0.391. The van der Waals surface area contributed by atoms with Crippen LogP contribution < -0.4 is 29.8 Å². The monoisotopic (exact) mass is 464 g/mol.